The van der Waals surface area contributed by atoms with Crippen LogP contribution in [0.4, 0.5) is 0 Å². The molecule has 4 saturated carbocycles. The minimum atomic E-state index is -0.983. The van der Waals surface area contributed by atoms with Crippen molar-refractivity contribution in [2.45, 2.75) is 112 Å². The van der Waals surface area contributed by atoms with Crippen LogP contribution in [-0.4, -0.2) is 34.1 Å². The summed E-state index contributed by atoms with van der Waals surface area (Å²) in [5, 5.41) is 22.9. The number of carbonyl (C=O) groups excluding carboxylic acids is 1. The molecule has 1 amide bonds. The second kappa shape index (κ2) is 12.7. The number of aromatic carboxylic acids is 1. The molecule has 7 rings (SSSR count). The Morgan fingerprint density at radius 2 is 1.52 bits per heavy atom. The molecule has 5 aliphatic carbocycles. The van der Waals surface area contributed by atoms with Gasteiger partial charge in [-0.05, 0) is 145 Å². The molecule has 10 atom stereocenters. The minimum Gasteiger partial charge on any atom is -0.480 e. The van der Waals surface area contributed by atoms with Gasteiger partial charge in [-0.15, -0.1) is 0 Å². The first-order valence-electron chi connectivity index (χ1n) is 19.8. The second-order valence-corrected chi connectivity index (χ2v) is 18.8. The second-order valence-electron chi connectivity index (χ2n) is 18.8. The van der Waals surface area contributed by atoms with Gasteiger partial charge in [0.15, 0.2) is 0 Å². The van der Waals surface area contributed by atoms with Gasteiger partial charge >= 0.3 is 11.9 Å². The number of carboxylic acids is 2. The quantitative estimate of drug-likeness (QED) is 0.237. The van der Waals surface area contributed by atoms with E-state index < -0.39 is 23.4 Å². The lowest BCUT2D eigenvalue weighted by Gasteiger charge is -2.72. The molecule has 5 aliphatic rings. The normalized spacial score (nSPS) is 38.0. The van der Waals surface area contributed by atoms with Crippen LogP contribution in [0.2, 0.25) is 0 Å². The van der Waals surface area contributed by atoms with Crippen molar-refractivity contribution in [3.05, 3.63) is 89.5 Å². The predicted molar refractivity (Wildman–Crippen MR) is 205 cm³/mol. The van der Waals surface area contributed by atoms with Gasteiger partial charge in [0, 0.05) is 6.42 Å². The van der Waals surface area contributed by atoms with Crippen molar-refractivity contribution in [2.75, 3.05) is 0 Å². The van der Waals surface area contributed by atoms with E-state index in [-0.39, 0.29) is 45.8 Å². The van der Waals surface area contributed by atoms with Crippen molar-refractivity contribution in [1.29, 1.82) is 0 Å². The number of hydrogen-bond acceptors (Lipinski definition) is 3. The largest absolute Gasteiger partial charge is 0.480 e. The third-order valence-corrected chi connectivity index (χ3v) is 16.4. The molecule has 0 aliphatic heterocycles. The van der Waals surface area contributed by atoms with Gasteiger partial charge in [-0.2, -0.15) is 0 Å². The molecule has 52 heavy (non-hydrogen) atoms. The van der Waals surface area contributed by atoms with Crippen LogP contribution in [0.1, 0.15) is 121 Å². The maximum Gasteiger partial charge on any atom is 0.335 e. The highest BCUT2D eigenvalue weighted by atomic mass is 16.4. The van der Waals surface area contributed by atoms with Crippen LogP contribution in [0.3, 0.4) is 0 Å². The summed E-state index contributed by atoms with van der Waals surface area (Å²) >= 11 is 0. The molecule has 4 fully saturated rings. The lowest BCUT2D eigenvalue weighted by molar-refractivity contribution is -0.225. The molecule has 6 nitrogen and oxygen atoms in total. The molecule has 0 radical (unpaired) electrons. The zero-order valence-corrected chi connectivity index (χ0v) is 32.1. The smallest absolute Gasteiger partial charge is 0.335 e. The van der Waals surface area contributed by atoms with Gasteiger partial charge in [-0.25, -0.2) is 9.59 Å². The molecule has 0 unspecified atom stereocenters. The van der Waals surface area contributed by atoms with Crippen LogP contribution in [0, 0.1) is 56.7 Å². The third-order valence-electron chi connectivity index (χ3n) is 16.4. The summed E-state index contributed by atoms with van der Waals surface area (Å²) in [4.78, 5) is 38.8. The average molecular weight is 706 g/mol. The molecule has 3 N–H and O–H groups in total. The van der Waals surface area contributed by atoms with E-state index in [0.717, 1.165) is 74.5 Å². The lowest BCUT2D eigenvalue weighted by atomic mass is 9.32. The van der Waals surface area contributed by atoms with Crippen LogP contribution in [-0.2, 0) is 16.0 Å². The molecular formula is C46H59NO5. The van der Waals surface area contributed by atoms with Gasteiger partial charge in [0.05, 0.1) is 11.0 Å². The molecule has 0 bridgehead atoms. The first kappa shape index (κ1) is 36.7. The summed E-state index contributed by atoms with van der Waals surface area (Å²) in [6.45, 7) is 19.2. The van der Waals surface area contributed by atoms with Crippen LogP contribution >= 0.6 is 0 Å². The highest BCUT2D eigenvalue weighted by molar-refractivity contribution is 5.89. The molecule has 278 valence electrons. The number of allylic oxidation sites excluding steroid dienone is 3. The van der Waals surface area contributed by atoms with Crippen molar-refractivity contribution in [2.24, 2.45) is 56.7 Å². The molecule has 2 aromatic rings. The summed E-state index contributed by atoms with van der Waals surface area (Å²) in [6.07, 6.45) is 11.8. The Morgan fingerprint density at radius 3 is 2.15 bits per heavy atom. The van der Waals surface area contributed by atoms with Gasteiger partial charge in [-0.3, -0.25) is 4.79 Å². The fraction of sp³-hybridized carbons (Fsp3) is 0.587. The molecule has 0 spiro atoms. The van der Waals surface area contributed by atoms with E-state index in [1.807, 2.05) is 42.5 Å². The van der Waals surface area contributed by atoms with E-state index in [9.17, 15) is 24.6 Å². The summed E-state index contributed by atoms with van der Waals surface area (Å²) < 4.78 is 0. The maximum atomic E-state index is 14.7. The van der Waals surface area contributed by atoms with Crippen LogP contribution < -0.4 is 5.32 Å². The van der Waals surface area contributed by atoms with Gasteiger partial charge in [0.2, 0.25) is 5.91 Å². The highest BCUT2D eigenvalue weighted by Gasteiger charge is 2.71. The van der Waals surface area contributed by atoms with Gasteiger partial charge in [0.1, 0.15) is 6.04 Å². The number of benzene rings is 2. The number of rotatable bonds is 8. The molecule has 0 saturated heterocycles. The number of fused-ring (bicyclic) bond motifs is 7. The number of nitrogens with one attached hydrogen (secondary N) is 1. The minimum absolute atomic E-state index is 0.0490. The van der Waals surface area contributed by atoms with Crippen LogP contribution in [0.5, 0.6) is 0 Å². The van der Waals surface area contributed by atoms with Crippen molar-refractivity contribution in [3.8, 4) is 0 Å². The van der Waals surface area contributed by atoms with Crippen molar-refractivity contribution >= 4 is 23.4 Å². The first-order valence-corrected chi connectivity index (χ1v) is 19.8. The summed E-state index contributed by atoms with van der Waals surface area (Å²) in [5.41, 5.74) is 4.49. The van der Waals surface area contributed by atoms with Gasteiger partial charge < -0.3 is 15.5 Å². The Kier molecular flexibility index (Phi) is 8.98. The molecule has 6 heteroatoms. The average Bonchev–Trinajstić information content (AvgIpc) is 3.50. The Bertz CT molecular complexity index is 1790. The van der Waals surface area contributed by atoms with Crippen molar-refractivity contribution in [3.63, 3.8) is 0 Å². The maximum absolute atomic E-state index is 14.7. The van der Waals surface area contributed by atoms with E-state index in [0.29, 0.717) is 23.3 Å². The van der Waals surface area contributed by atoms with Crippen LogP contribution in [0.15, 0.2) is 72.8 Å². The topological polar surface area (TPSA) is 104 Å². The lowest BCUT2D eigenvalue weighted by Crippen LogP contribution is -2.66. The zero-order valence-electron chi connectivity index (χ0n) is 32.1. The Morgan fingerprint density at radius 1 is 0.827 bits per heavy atom. The number of amides is 1. The van der Waals surface area contributed by atoms with E-state index >= 15 is 0 Å². The molecule has 2 aromatic carbocycles. The third kappa shape index (κ3) is 5.36. The zero-order chi connectivity index (χ0) is 37.4. The summed E-state index contributed by atoms with van der Waals surface area (Å²) in [6, 6.07) is 16.1. The number of carboxylic acid groups (broad SMARTS) is 2. The summed E-state index contributed by atoms with van der Waals surface area (Å²) in [5.74, 6) is -0.122. The fourth-order valence-corrected chi connectivity index (χ4v) is 13.8. The molecular weight excluding hydrogens is 647 g/mol. The van der Waals surface area contributed by atoms with E-state index in [4.69, 9.17) is 0 Å². The standard InChI is InChI=1S/C46H59NO5/c1-28(2)32-19-24-46(41(52)47-35(40(50)51)27-29-11-9-8-10-12-29)26-25-44(6)34(38(32)46)17-18-37-43(5)22-20-33(30-13-15-31(16-14-30)39(48)49)42(3,4)36(43)21-23-45(37,44)7/h8-16,20,32,34-38H,1,17-19,21-27H2,2-7H3,(H,47,52)(H,48,49)(H,50,51)/t32-,34+,35-,36-,37+,38+,43-,44+,45+,46-/m0/s1. The Labute approximate surface area is 310 Å². The monoisotopic (exact) mass is 705 g/mol. The Balaban J connectivity index is 1.20. The van der Waals surface area contributed by atoms with E-state index in [1.165, 1.54) is 5.57 Å². The van der Waals surface area contributed by atoms with Gasteiger partial charge in [-0.1, -0.05) is 95.3 Å². The molecule has 0 heterocycles. The number of hydrogen-bond donors (Lipinski definition) is 3. The van der Waals surface area contributed by atoms with Crippen LogP contribution in [0.25, 0.3) is 5.57 Å². The number of aliphatic carboxylic acids is 1. The Hall–Kier alpha value is -3.67. The van der Waals surface area contributed by atoms with E-state index in [2.05, 4.69) is 59.5 Å². The molecule has 0 aromatic heterocycles. The SMILES string of the molecule is C=C(C)[C@@H]1CC[C@]2(C(=O)N[C@@H](Cc3ccccc3)C(=O)O)CC[C@]3(C)[C@H](CC[C@@H]4[C@@]5(C)CC=C(c6ccc(C(=O)O)cc6)C(C)(C)[C@@H]5CC[C@]43C)[C@@H]12. The summed E-state index contributed by atoms with van der Waals surface area (Å²) in [7, 11) is 0. The van der Waals surface area contributed by atoms with Crippen molar-refractivity contribution in [1.82, 2.24) is 5.32 Å². The highest BCUT2D eigenvalue weighted by Crippen LogP contribution is 2.77. The van der Waals surface area contributed by atoms with E-state index in [1.54, 1.807) is 12.1 Å². The predicted octanol–water partition coefficient (Wildman–Crippen LogP) is 9.85. The first-order chi connectivity index (χ1) is 24.5. The fourth-order valence-electron chi connectivity index (χ4n) is 13.8. The number of carbonyl (C=O) groups is 3. The van der Waals surface area contributed by atoms with Crippen molar-refractivity contribution < 1.29 is 24.6 Å². The van der Waals surface area contributed by atoms with Gasteiger partial charge in [0.25, 0.3) is 0 Å².